The van der Waals surface area contributed by atoms with E-state index < -0.39 is 22.7 Å². The number of carboxylic acids is 1. The number of aromatic carboxylic acids is 1. The normalized spacial score (nSPS) is 13.1. The van der Waals surface area contributed by atoms with Gasteiger partial charge in [0.05, 0.1) is 34.2 Å². The van der Waals surface area contributed by atoms with Crippen LogP contribution in [0.4, 0.5) is 0 Å². The molecule has 0 aliphatic heterocycles. The fourth-order valence-electron chi connectivity index (χ4n) is 4.57. The summed E-state index contributed by atoms with van der Waals surface area (Å²) < 4.78 is 0. The first-order chi connectivity index (χ1) is 16.1. The SMILES string of the molecule is Cc1nc(C(C)(C)CCC(C)(C)c2nc(C(N)=O)c(C(C)(C)C)nc2C)c(C(=O)O)nc1C(C)(C)C. The van der Waals surface area contributed by atoms with Gasteiger partial charge in [0.2, 0.25) is 0 Å². The van der Waals surface area contributed by atoms with Crippen LogP contribution in [0.25, 0.3) is 0 Å². The third-order valence-corrected chi connectivity index (χ3v) is 6.65. The van der Waals surface area contributed by atoms with Crippen LogP contribution in [0.1, 0.15) is 137 Å². The summed E-state index contributed by atoms with van der Waals surface area (Å²) in [5.74, 6) is -1.68. The summed E-state index contributed by atoms with van der Waals surface area (Å²) in [6.07, 6.45) is 1.28. The molecule has 2 aromatic rings. The zero-order valence-corrected chi connectivity index (χ0v) is 24.0. The van der Waals surface area contributed by atoms with Crippen molar-refractivity contribution in [1.82, 2.24) is 19.9 Å². The second-order valence-corrected chi connectivity index (χ2v) is 13.1. The van der Waals surface area contributed by atoms with Gasteiger partial charge in [-0.1, -0.05) is 69.2 Å². The quantitative estimate of drug-likeness (QED) is 0.529. The number of primary amides is 1. The Hall–Kier alpha value is -2.90. The lowest BCUT2D eigenvalue weighted by molar-refractivity contribution is 0.0685. The van der Waals surface area contributed by atoms with Gasteiger partial charge in [0.15, 0.2) is 5.69 Å². The highest BCUT2D eigenvalue weighted by Crippen LogP contribution is 2.38. The van der Waals surface area contributed by atoms with E-state index in [4.69, 9.17) is 20.7 Å². The molecule has 2 heterocycles. The van der Waals surface area contributed by atoms with E-state index in [-0.39, 0.29) is 22.2 Å². The molecular weight excluding hydrogens is 454 g/mol. The maximum atomic E-state index is 12.2. The van der Waals surface area contributed by atoms with E-state index in [1.165, 1.54) is 0 Å². The highest BCUT2D eigenvalue weighted by Gasteiger charge is 2.36. The first-order valence-electron chi connectivity index (χ1n) is 12.4. The molecule has 0 bridgehead atoms. The number of aryl methyl sites for hydroxylation is 2. The standard InChI is InChI=1S/C28H43N5O3/c1-15-19(25(3,4)5)33-18(24(35)36)22(31-15)28(11,12)14-13-27(9,10)20-16(2)30-21(26(6,7)8)17(32-20)23(29)34/h13-14H2,1-12H3,(H2,29,34)(H,35,36). The molecule has 0 aromatic carbocycles. The van der Waals surface area contributed by atoms with Crippen LogP contribution in [0.2, 0.25) is 0 Å². The molecule has 8 heteroatoms. The molecule has 0 atom stereocenters. The minimum absolute atomic E-state index is 0.00477. The molecule has 3 N–H and O–H groups in total. The maximum absolute atomic E-state index is 12.2. The fraction of sp³-hybridized carbons (Fsp3) is 0.643. The van der Waals surface area contributed by atoms with Gasteiger partial charge in [-0.25, -0.2) is 14.8 Å². The van der Waals surface area contributed by atoms with Crippen LogP contribution in [0, 0.1) is 13.8 Å². The van der Waals surface area contributed by atoms with E-state index in [2.05, 4.69) is 18.8 Å². The summed E-state index contributed by atoms with van der Waals surface area (Å²) in [4.78, 5) is 43.2. The molecule has 1 amide bonds. The molecule has 0 aliphatic rings. The van der Waals surface area contributed by atoms with Gasteiger partial charge >= 0.3 is 5.97 Å². The number of carbonyl (C=O) groups excluding carboxylic acids is 1. The van der Waals surface area contributed by atoms with Crippen LogP contribution < -0.4 is 5.73 Å². The van der Waals surface area contributed by atoms with E-state index in [9.17, 15) is 14.7 Å². The third-order valence-electron chi connectivity index (χ3n) is 6.65. The average Bonchev–Trinajstić information content (AvgIpc) is 2.69. The van der Waals surface area contributed by atoms with Crippen molar-refractivity contribution in [3.63, 3.8) is 0 Å². The summed E-state index contributed by atoms with van der Waals surface area (Å²) in [5.41, 5.74) is 8.10. The number of hydrogen-bond acceptors (Lipinski definition) is 6. The Morgan fingerprint density at radius 3 is 1.44 bits per heavy atom. The van der Waals surface area contributed by atoms with Crippen molar-refractivity contribution in [1.29, 1.82) is 0 Å². The predicted molar refractivity (Wildman–Crippen MR) is 142 cm³/mol. The number of aromatic nitrogens is 4. The van der Waals surface area contributed by atoms with Gasteiger partial charge < -0.3 is 10.8 Å². The largest absolute Gasteiger partial charge is 0.476 e. The van der Waals surface area contributed by atoms with Crippen molar-refractivity contribution < 1.29 is 14.7 Å². The lowest BCUT2D eigenvalue weighted by Crippen LogP contribution is -2.32. The zero-order valence-electron chi connectivity index (χ0n) is 24.0. The van der Waals surface area contributed by atoms with E-state index in [0.717, 1.165) is 11.4 Å². The van der Waals surface area contributed by atoms with E-state index in [1.54, 1.807) is 0 Å². The molecule has 0 aliphatic carbocycles. The lowest BCUT2D eigenvalue weighted by atomic mass is 9.74. The highest BCUT2D eigenvalue weighted by molar-refractivity contribution is 5.92. The van der Waals surface area contributed by atoms with E-state index >= 15 is 0 Å². The van der Waals surface area contributed by atoms with Crippen LogP contribution in [-0.4, -0.2) is 36.9 Å². The Bertz CT molecular complexity index is 1190. The molecule has 0 unspecified atom stereocenters. The summed E-state index contributed by atoms with van der Waals surface area (Å²) >= 11 is 0. The van der Waals surface area contributed by atoms with Crippen molar-refractivity contribution >= 4 is 11.9 Å². The minimum atomic E-state index is -1.08. The van der Waals surface area contributed by atoms with Gasteiger partial charge in [-0.15, -0.1) is 0 Å². The third kappa shape index (κ3) is 6.08. The molecule has 0 saturated carbocycles. The number of hydrogen-bond donors (Lipinski definition) is 2. The van der Waals surface area contributed by atoms with Gasteiger partial charge in [-0.3, -0.25) is 14.8 Å². The Morgan fingerprint density at radius 1 is 0.639 bits per heavy atom. The van der Waals surface area contributed by atoms with Gasteiger partial charge in [0.1, 0.15) is 5.69 Å². The van der Waals surface area contributed by atoms with Gasteiger partial charge in [0.25, 0.3) is 5.91 Å². The molecule has 0 spiro atoms. The number of rotatable bonds is 7. The zero-order chi connectivity index (χ0) is 28.0. The number of amides is 1. The highest BCUT2D eigenvalue weighted by atomic mass is 16.4. The lowest BCUT2D eigenvalue weighted by Gasteiger charge is -2.33. The fourth-order valence-corrected chi connectivity index (χ4v) is 4.57. The Kier molecular flexibility index (Phi) is 7.76. The monoisotopic (exact) mass is 497 g/mol. The molecule has 8 nitrogen and oxygen atoms in total. The van der Waals surface area contributed by atoms with E-state index in [0.29, 0.717) is 35.6 Å². The molecule has 2 rings (SSSR count). The Balaban J connectivity index is 2.51. The maximum Gasteiger partial charge on any atom is 0.356 e. The van der Waals surface area contributed by atoms with Crippen LogP contribution in [0.15, 0.2) is 0 Å². The van der Waals surface area contributed by atoms with Crippen molar-refractivity contribution in [3.8, 4) is 0 Å². The van der Waals surface area contributed by atoms with Crippen molar-refractivity contribution in [2.45, 2.75) is 118 Å². The summed E-state index contributed by atoms with van der Waals surface area (Å²) in [6, 6.07) is 0. The number of carboxylic acid groups (broad SMARTS) is 1. The van der Waals surface area contributed by atoms with Gasteiger partial charge in [-0.2, -0.15) is 0 Å². The van der Waals surface area contributed by atoms with Crippen LogP contribution in [0.5, 0.6) is 0 Å². The molecule has 0 saturated heterocycles. The van der Waals surface area contributed by atoms with Gasteiger partial charge in [0, 0.05) is 21.7 Å². The molecule has 36 heavy (non-hydrogen) atoms. The number of carbonyl (C=O) groups is 2. The minimum Gasteiger partial charge on any atom is -0.476 e. The van der Waals surface area contributed by atoms with Crippen LogP contribution in [0.3, 0.4) is 0 Å². The molecular formula is C28H43N5O3. The molecule has 198 valence electrons. The molecule has 0 radical (unpaired) electrons. The van der Waals surface area contributed by atoms with Gasteiger partial charge in [-0.05, 0) is 26.7 Å². The summed E-state index contributed by atoms with van der Waals surface area (Å²) in [7, 11) is 0. The van der Waals surface area contributed by atoms with Crippen LogP contribution in [-0.2, 0) is 21.7 Å². The molecule has 2 aromatic heterocycles. The first kappa shape index (κ1) is 29.3. The van der Waals surface area contributed by atoms with E-state index in [1.807, 2.05) is 69.2 Å². The Morgan fingerprint density at radius 2 is 1.03 bits per heavy atom. The van der Waals surface area contributed by atoms with Crippen molar-refractivity contribution in [2.24, 2.45) is 5.73 Å². The second-order valence-electron chi connectivity index (χ2n) is 13.1. The molecule has 0 fully saturated rings. The summed E-state index contributed by atoms with van der Waals surface area (Å²) in [6.45, 7) is 23.8. The first-order valence-corrected chi connectivity index (χ1v) is 12.4. The van der Waals surface area contributed by atoms with Crippen molar-refractivity contribution in [3.05, 3.63) is 45.6 Å². The smallest absolute Gasteiger partial charge is 0.356 e. The summed E-state index contributed by atoms with van der Waals surface area (Å²) in [5, 5.41) is 9.96. The van der Waals surface area contributed by atoms with Crippen LogP contribution >= 0.6 is 0 Å². The van der Waals surface area contributed by atoms with Crippen molar-refractivity contribution in [2.75, 3.05) is 0 Å². The topological polar surface area (TPSA) is 132 Å². The Labute approximate surface area is 215 Å². The number of nitrogens with two attached hydrogens (primary N) is 1. The average molecular weight is 498 g/mol. The second kappa shape index (κ2) is 9.52. The predicted octanol–water partition coefficient (Wildman–Crippen LogP) is 5.31. The number of nitrogens with zero attached hydrogens (tertiary/aromatic N) is 4.